The lowest BCUT2D eigenvalue weighted by Crippen LogP contribution is -2.12. The number of hydrogen-bond acceptors (Lipinski definition) is 6. The number of benzene rings is 2. The maximum atomic E-state index is 13.2. The molecule has 0 atom stereocenters. The monoisotopic (exact) mass is 434 g/mol. The van der Waals surface area contributed by atoms with E-state index in [0.29, 0.717) is 23.1 Å². The Bertz CT molecular complexity index is 1200. The van der Waals surface area contributed by atoms with E-state index in [-0.39, 0.29) is 10.6 Å². The van der Waals surface area contributed by atoms with Crippen LogP contribution in [0.5, 0.6) is 0 Å². The normalized spacial score (nSPS) is 10.4. The fourth-order valence-corrected chi connectivity index (χ4v) is 2.97. The Balaban J connectivity index is 1.40. The van der Waals surface area contributed by atoms with Gasteiger partial charge in [-0.25, -0.2) is 19.3 Å². The van der Waals surface area contributed by atoms with Crippen molar-refractivity contribution < 1.29 is 9.18 Å². The number of anilines is 5. The molecule has 0 spiro atoms. The zero-order valence-corrected chi connectivity index (χ0v) is 16.8. The highest BCUT2D eigenvalue weighted by Crippen LogP contribution is 2.22. The Morgan fingerprint density at radius 1 is 0.806 bits per heavy atom. The van der Waals surface area contributed by atoms with Crippen LogP contribution in [0.4, 0.5) is 33.2 Å². The molecule has 0 aliphatic carbocycles. The van der Waals surface area contributed by atoms with Gasteiger partial charge in [-0.1, -0.05) is 17.7 Å². The minimum atomic E-state index is -0.500. The van der Waals surface area contributed by atoms with E-state index >= 15 is 0 Å². The molecule has 2 aromatic heterocycles. The standard InChI is InChI=1S/C22H16ClFN6O/c23-18-11-14(24)4-9-17(18)22(31)29-16-7-5-15(6-8-16)28-20-12-21(27-13-26-20)30-19-3-1-2-10-25-19/h1-13H,(H,29,31)(H2,25,26,27,28,30). The van der Waals surface area contributed by atoms with Crippen LogP contribution in [-0.2, 0) is 0 Å². The zero-order valence-electron chi connectivity index (χ0n) is 16.0. The molecule has 0 aliphatic heterocycles. The summed E-state index contributed by atoms with van der Waals surface area (Å²) in [5.41, 5.74) is 1.52. The maximum Gasteiger partial charge on any atom is 0.257 e. The molecule has 2 heterocycles. The van der Waals surface area contributed by atoms with E-state index in [1.54, 1.807) is 36.5 Å². The zero-order chi connectivity index (χ0) is 21.6. The van der Waals surface area contributed by atoms with Crippen LogP contribution in [0.1, 0.15) is 10.4 Å². The molecule has 0 saturated carbocycles. The Kier molecular flexibility index (Phi) is 6.00. The number of amides is 1. The lowest BCUT2D eigenvalue weighted by atomic mass is 10.2. The van der Waals surface area contributed by atoms with E-state index in [4.69, 9.17) is 11.6 Å². The Morgan fingerprint density at radius 2 is 1.55 bits per heavy atom. The molecule has 4 aromatic rings. The highest BCUT2D eigenvalue weighted by molar-refractivity contribution is 6.34. The quantitative estimate of drug-likeness (QED) is 0.376. The summed E-state index contributed by atoms with van der Waals surface area (Å²) in [6.07, 6.45) is 3.13. The second-order valence-electron chi connectivity index (χ2n) is 6.41. The van der Waals surface area contributed by atoms with Crippen LogP contribution in [-0.4, -0.2) is 20.9 Å². The molecule has 154 valence electrons. The van der Waals surface area contributed by atoms with Gasteiger partial charge in [-0.2, -0.15) is 0 Å². The van der Waals surface area contributed by atoms with Crippen molar-refractivity contribution in [3.05, 3.63) is 95.7 Å². The minimum Gasteiger partial charge on any atom is -0.340 e. The topological polar surface area (TPSA) is 91.8 Å². The largest absolute Gasteiger partial charge is 0.340 e. The van der Waals surface area contributed by atoms with Gasteiger partial charge in [0.1, 0.15) is 29.6 Å². The van der Waals surface area contributed by atoms with Crippen LogP contribution in [0.15, 0.2) is 79.3 Å². The fraction of sp³-hybridized carbons (Fsp3) is 0. The predicted molar refractivity (Wildman–Crippen MR) is 119 cm³/mol. The van der Waals surface area contributed by atoms with Crippen LogP contribution < -0.4 is 16.0 Å². The highest BCUT2D eigenvalue weighted by atomic mass is 35.5. The summed E-state index contributed by atoms with van der Waals surface area (Å²) < 4.78 is 13.2. The second-order valence-corrected chi connectivity index (χ2v) is 6.82. The van der Waals surface area contributed by atoms with Crippen LogP contribution in [0.25, 0.3) is 0 Å². The summed E-state index contributed by atoms with van der Waals surface area (Å²) in [4.78, 5) is 24.9. The number of rotatable bonds is 6. The van der Waals surface area contributed by atoms with Crippen molar-refractivity contribution in [2.75, 3.05) is 16.0 Å². The van der Waals surface area contributed by atoms with E-state index in [0.717, 1.165) is 11.8 Å². The van der Waals surface area contributed by atoms with E-state index in [1.807, 2.05) is 18.2 Å². The van der Waals surface area contributed by atoms with Gasteiger partial charge in [0.25, 0.3) is 5.91 Å². The molecule has 31 heavy (non-hydrogen) atoms. The number of pyridine rings is 1. The first kappa shape index (κ1) is 20.2. The molecule has 0 bridgehead atoms. The molecule has 9 heteroatoms. The summed E-state index contributed by atoms with van der Waals surface area (Å²) >= 11 is 5.94. The third-order valence-corrected chi connectivity index (χ3v) is 4.49. The third-order valence-electron chi connectivity index (χ3n) is 4.18. The average Bonchev–Trinajstić information content (AvgIpc) is 2.76. The molecule has 0 fully saturated rings. The van der Waals surface area contributed by atoms with Crippen LogP contribution in [0.2, 0.25) is 5.02 Å². The lowest BCUT2D eigenvalue weighted by molar-refractivity contribution is 0.102. The summed E-state index contributed by atoms with van der Waals surface area (Å²) in [5.74, 6) is 0.930. The first-order valence-electron chi connectivity index (χ1n) is 9.20. The Labute approximate surface area is 182 Å². The molecule has 0 unspecified atom stereocenters. The van der Waals surface area contributed by atoms with Gasteiger partial charge in [0, 0.05) is 23.6 Å². The smallest absolute Gasteiger partial charge is 0.257 e. The number of carbonyl (C=O) groups is 1. The molecule has 0 saturated heterocycles. The fourth-order valence-electron chi connectivity index (χ4n) is 2.72. The van der Waals surface area contributed by atoms with Crippen molar-refractivity contribution in [1.29, 1.82) is 0 Å². The number of aromatic nitrogens is 3. The van der Waals surface area contributed by atoms with E-state index < -0.39 is 11.7 Å². The number of nitrogens with one attached hydrogen (secondary N) is 3. The minimum absolute atomic E-state index is 0.0506. The molecule has 1 amide bonds. The van der Waals surface area contributed by atoms with Gasteiger partial charge in [0.2, 0.25) is 0 Å². The summed E-state index contributed by atoms with van der Waals surface area (Å²) in [7, 11) is 0. The van der Waals surface area contributed by atoms with Gasteiger partial charge in [-0.15, -0.1) is 0 Å². The number of nitrogens with zero attached hydrogens (tertiary/aromatic N) is 3. The molecule has 0 aliphatic rings. The maximum absolute atomic E-state index is 13.2. The van der Waals surface area contributed by atoms with Gasteiger partial charge < -0.3 is 16.0 Å². The molecule has 7 nitrogen and oxygen atoms in total. The van der Waals surface area contributed by atoms with Crippen molar-refractivity contribution in [3.8, 4) is 0 Å². The van der Waals surface area contributed by atoms with Gasteiger partial charge in [-0.3, -0.25) is 4.79 Å². The van der Waals surface area contributed by atoms with Gasteiger partial charge in [-0.05, 0) is 54.6 Å². The van der Waals surface area contributed by atoms with E-state index in [2.05, 4.69) is 30.9 Å². The van der Waals surface area contributed by atoms with Gasteiger partial charge >= 0.3 is 0 Å². The van der Waals surface area contributed by atoms with Gasteiger partial charge in [0.05, 0.1) is 10.6 Å². The van der Waals surface area contributed by atoms with E-state index in [9.17, 15) is 9.18 Å². The van der Waals surface area contributed by atoms with Crippen molar-refractivity contribution in [2.24, 2.45) is 0 Å². The first-order valence-corrected chi connectivity index (χ1v) is 9.58. The van der Waals surface area contributed by atoms with Crippen LogP contribution >= 0.6 is 11.6 Å². The number of hydrogen-bond donors (Lipinski definition) is 3. The molecule has 0 radical (unpaired) electrons. The van der Waals surface area contributed by atoms with Crippen molar-refractivity contribution in [3.63, 3.8) is 0 Å². The molecular formula is C22H16ClFN6O. The Hall–Kier alpha value is -4.04. The summed E-state index contributed by atoms with van der Waals surface area (Å²) in [6, 6.07) is 18.0. The van der Waals surface area contributed by atoms with E-state index in [1.165, 1.54) is 18.5 Å². The van der Waals surface area contributed by atoms with Crippen LogP contribution in [0.3, 0.4) is 0 Å². The molecule has 4 rings (SSSR count). The predicted octanol–water partition coefficient (Wildman–Crippen LogP) is 5.40. The second kappa shape index (κ2) is 9.19. The molecule has 3 N–H and O–H groups in total. The van der Waals surface area contributed by atoms with Crippen molar-refractivity contribution in [2.45, 2.75) is 0 Å². The lowest BCUT2D eigenvalue weighted by Gasteiger charge is -2.10. The molecular weight excluding hydrogens is 419 g/mol. The highest BCUT2D eigenvalue weighted by Gasteiger charge is 2.11. The summed E-state index contributed by atoms with van der Waals surface area (Å²) in [5, 5.41) is 9.05. The van der Waals surface area contributed by atoms with Gasteiger partial charge in [0.15, 0.2) is 0 Å². The van der Waals surface area contributed by atoms with Crippen molar-refractivity contribution >= 4 is 46.3 Å². The Morgan fingerprint density at radius 3 is 2.26 bits per heavy atom. The number of carbonyl (C=O) groups excluding carboxylic acids is 1. The number of halogens is 2. The first-order chi connectivity index (χ1) is 15.1. The summed E-state index contributed by atoms with van der Waals surface area (Å²) in [6.45, 7) is 0. The average molecular weight is 435 g/mol. The molecule has 2 aromatic carbocycles. The third kappa shape index (κ3) is 5.31. The SMILES string of the molecule is O=C(Nc1ccc(Nc2cc(Nc3ccccn3)ncn2)cc1)c1ccc(F)cc1Cl. The van der Waals surface area contributed by atoms with Crippen LogP contribution in [0, 0.1) is 5.82 Å². The van der Waals surface area contributed by atoms with Crippen molar-refractivity contribution in [1.82, 2.24) is 15.0 Å².